The zero-order valence-corrected chi connectivity index (χ0v) is 9.08. The highest BCUT2D eigenvalue weighted by molar-refractivity contribution is 6.31. The number of rotatable bonds is 0. The Morgan fingerprint density at radius 2 is 2.07 bits per heavy atom. The highest BCUT2D eigenvalue weighted by Crippen LogP contribution is 2.18. The van der Waals surface area contributed by atoms with Gasteiger partial charge in [-0.1, -0.05) is 11.6 Å². The van der Waals surface area contributed by atoms with Crippen LogP contribution in [0, 0.1) is 24.0 Å². The molecular weight excluding hydrogens is 216 g/mol. The van der Waals surface area contributed by atoms with Crippen LogP contribution in [-0.4, -0.2) is 4.73 Å². The summed E-state index contributed by atoms with van der Waals surface area (Å²) in [5.41, 5.74) is 1.41. The van der Waals surface area contributed by atoms with Crippen LogP contribution in [-0.2, 0) is 0 Å². The number of hydrogen-bond acceptors (Lipinski definition) is 2. The summed E-state index contributed by atoms with van der Waals surface area (Å²) in [6.07, 6.45) is 0. The minimum atomic E-state index is 0.292. The fourth-order valence-corrected chi connectivity index (χ4v) is 1.65. The number of benzene rings is 1. The highest BCUT2D eigenvalue weighted by Gasteiger charge is 2.15. The fraction of sp³-hybridized carbons (Fsp3) is 0.200. The first kappa shape index (κ1) is 9.98. The van der Waals surface area contributed by atoms with Crippen molar-refractivity contribution in [2.75, 3.05) is 0 Å². The van der Waals surface area contributed by atoms with Crippen molar-refractivity contribution in [3.8, 4) is 0 Å². The van der Waals surface area contributed by atoms with E-state index in [1.807, 2.05) is 0 Å². The molecule has 0 fully saturated rings. The van der Waals surface area contributed by atoms with Crippen LogP contribution in [0.2, 0.25) is 5.02 Å². The molecule has 78 valence electrons. The van der Waals surface area contributed by atoms with Gasteiger partial charge < -0.3 is 9.94 Å². The Morgan fingerprint density at radius 1 is 1.40 bits per heavy atom. The Kier molecular flexibility index (Phi) is 2.16. The molecule has 0 saturated carbocycles. The zero-order valence-electron chi connectivity index (χ0n) is 8.32. The number of hydrogen-bond donors (Lipinski definition) is 0. The molecule has 1 aromatic heterocycles. The van der Waals surface area contributed by atoms with Crippen molar-refractivity contribution in [2.24, 2.45) is 0 Å². The van der Waals surface area contributed by atoms with Gasteiger partial charge in [-0.05, 0) is 19.1 Å². The van der Waals surface area contributed by atoms with Gasteiger partial charge in [-0.15, -0.1) is 0 Å². The molecule has 0 unspecified atom stereocenters. The summed E-state index contributed by atoms with van der Waals surface area (Å²) in [7, 11) is 0. The summed E-state index contributed by atoms with van der Waals surface area (Å²) in [6.45, 7) is 3.22. The number of fused-ring (bicyclic) bond motifs is 1. The van der Waals surface area contributed by atoms with Gasteiger partial charge in [0.2, 0.25) is 0 Å². The van der Waals surface area contributed by atoms with Crippen LogP contribution in [0.1, 0.15) is 11.4 Å². The summed E-state index contributed by atoms with van der Waals surface area (Å²) in [5, 5.41) is 12.2. The van der Waals surface area contributed by atoms with Crippen LogP contribution in [0.15, 0.2) is 18.2 Å². The van der Waals surface area contributed by atoms with E-state index in [0.717, 1.165) is 9.16 Å². The normalized spacial score (nSPS) is 10.9. The molecule has 0 aliphatic heterocycles. The first-order valence-corrected chi connectivity index (χ1v) is 4.81. The molecule has 0 spiro atoms. The number of nitrogens with zero attached hydrogens (tertiary/aromatic N) is 2. The van der Waals surface area contributed by atoms with E-state index < -0.39 is 0 Å². The lowest BCUT2D eigenvalue weighted by atomic mass is 10.2. The Balaban J connectivity index is 3.08. The van der Waals surface area contributed by atoms with E-state index in [0.29, 0.717) is 27.4 Å². The molecule has 1 aromatic carbocycles. The fourth-order valence-electron chi connectivity index (χ4n) is 1.49. The maximum Gasteiger partial charge on any atom is 0.286 e. The SMILES string of the molecule is Cc1c(C)[n+](=O)c2ccc(Cl)cc2n1[O-]. The summed E-state index contributed by atoms with van der Waals surface area (Å²) < 4.78 is 1.47. The third-order valence-corrected chi connectivity index (χ3v) is 2.74. The lowest BCUT2D eigenvalue weighted by Gasteiger charge is -2.15. The average molecular weight is 225 g/mol. The van der Waals surface area contributed by atoms with E-state index in [1.54, 1.807) is 26.0 Å². The van der Waals surface area contributed by atoms with Gasteiger partial charge in [0.1, 0.15) is 5.52 Å². The second-order valence-corrected chi connectivity index (χ2v) is 3.83. The molecule has 1 heterocycles. The Labute approximate surface area is 90.9 Å². The molecule has 4 nitrogen and oxygen atoms in total. The molecule has 2 aromatic rings. The molecule has 0 aliphatic carbocycles. The Morgan fingerprint density at radius 3 is 2.73 bits per heavy atom. The third kappa shape index (κ3) is 1.37. The van der Waals surface area contributed by atoms with Gasteiger partial charge in [-0.2, -0.15) is 0 Å². The first-order valence-electron chi connectivity index (χ1n) is 4.44. The lowest BCUT2D eigenvalue weighted by molar-refractivity contribution is -0.473. The predicted octanol–water partition coefficient (Wildman–Crippen LogP) is 2.17. The maximum absolute atomic E-state index is 11.8. The molecule has 0 aliphatic rings. The smallest absolute Gasteiger partial charge is 0.286 e. The summed E-state index contributed by atoms with van der Waals surface area (Å²) in [4.78, 5) is 11.7. The zero-order chi connectivity index (χ0) is 11.2. The van der Waals surface area contributed by atoms with E-state index in [4.69, 9.17) is 11.6 Å². The van der Waals surface area contributed by atoms with Gasteiger partial charge in [-0.3, -0.25) is 0 Å². The van der Waals surface area contributed by atoms with Crippen LogP contribution >= 0.6 is 11.6 Å². The van der Waals surface area contributed by atoms with E-state index in [2.05, 4.69) is 0 Å². The van der Waals surface area contributed by atoms with Crippen molar-refractivity contribution < 1.29 is 4.43 Å². The van der Waals surface area contributed by atoms with Crippen LogP contribution in [0.3, 0.4) is 0 Å². The molecule has 5 heteroatoms. The van der Waals surface area contributed by atoms with Gasteiger partial charge in [-0.25, -0.2) is 0 Å². The van der Waals surface area contributed by atoms with Crippen molar-refractivity contribution in [3.05, 3.63) is 44.7 Å². The molecule has 0 bridgehead atoms. The van der Waals surface area contributed by atoms with Gasteiger partial charge >= 0.3 is 0 Å². The predicted molar refractivity (Wildman–Crippen MR) is 58.6 cm³/mol. The second-order valence-electron chi connectivity index (χ2n) is 3.39. The van der Waals surface area contributed by atoms with Crippen molar-refractivity contribution in [3.63, 3.8) is 0 Å². The Hall–Kier alpha value is -1.55. The largest absolute Gasteiger partial charge is 0.805 e. The molecule has 0 atom stereocenters. The van der Waals surface area contributed by atoms with Crippen molar-refractivity contribution in [1.29, 1.82) is 0 Å². The first-order chi connectivity index (χ1) is 7.02. The number of aromatic nitrogens is 2. The van der Waals surface area contributed by atoms with E-state index in [-0.39, 0.29) is 0 Å². The van der Waals surface area contributed by atoms with Gasteiger partial charge in [0.15, 0.2) is 0 Å². The second kappa shape index (κ2) is 3.24. The van der Waals surface area contributed by atoms with Gasteiger partial charge in [0.05, 0.1) is 10.1 Å². The van der Waals surface area contributed by atoms with Crippen molar-refractivity contribution in [1.82, 2.24) is 4.73 Å². The molecule has 2 rings (SSSR count). The van der Waals surface area contributed by atoms with E-state index >= 15 is 0 Å². The quantitative estimate of drug-likeness (QED) is 0.644. The topological polar surface area (TPSA) is 51.0 Å². The average Bonchev–Trinajstić information content (AvgIpc) is 2.23. The van der Waals surface area contributed by atoms with Gasteiger partial charge in [0, 0.05) is 22.9 Å². The minimum absolute atomic E-state index is 0.292. The summed E-state index contributed by atoms with van der Waals surface area (Å²) >= 11 is 5.77. The summed E-state index contributed by atoms with van der Waals surface area (Å²) in [6, 6.07) is 4.63. The molecule has 0 N–H and O–H groups in total. The molecular formula is C10H9ClN2O2. The molecule has 15 heavy (non-hydrogen) atoms. The van der Waals surface area contributed by atoms with Crippen LogP contribution in [0.5, 0.6) is 0 Å². The molecule has 0 amide bonds. The Bertz CT molecular complexity index is 604. The monoisotopic (exact) mass is 224 g/mol. The van der Waals surface area contributed by atoms with Crippen LogP contribution in [0.25, 0.3) is 11.0 Å². The highest BCUT2D eigenvalue weighted by atomic mass is 35.5. The standard InChI is InChI=1S/C10H9ClN2O2/c1-6-7(2)13(15)10-5-8(11)3-4-9(10)12(6)14/h3-5H,1-2H3. The minimum Gasteiger partial charge on any atom is -0.805 e. The van der Waals surface area contributed by atoms with E-state index in [9.17, 15) is 10.1 Å². The third-order valence-electron chi connectivity index (χ3n) is 2.51. The maximum atomic E-state index is 11.8. The van der Waals surface area contributed by atoms with Crippen molar-refractivity contribution >= 4 is 22.6 Å². The van der Waals surface area contributed by atoms with Gasteiger partial charge in [0.25, 0.3) is 11.2 Å². The van der Waals surface area contributed by atoms with Crippen LogP contribution < -0.4 is 4.43 Å². The van der Waals surface area contributed by atoms with Crippen molar-refractivity contribution in [2.45, 2.75) is 13.8 Å². The van der Waals surface area contributed by atoms with E-state index in [1.165, 1.54) is 6.07 Å². The number of halogens is 1. The van der Waals surface area contributed by atoms with Crippen LogP contribution in [0.4, 0.5) is 0 Å². The molecule has 0 radical (unpaired) electrons. The lowest BCUT2D eigenvalue weighted by Crippen LogP contribution is -2.24. The molecule has 0 saturated heterocycles. The summed E-state index contributed by atoms with van der Waals surface area (Å²) in [5.74, 6) is 0.